The predicted molar refractivity (Wildman–Crippen MR) is 37.6 cm³/mol. The van der Waals surface area contributed by atoms with E-state index in [1.54, 1.807) is 6.08 Å². The van der Waals surface area contributed by atoms with E-state index in [1.165, 1.54) is 0 Å². The highest BCUT2D eigenvalue weighted by Gasteiger charge is 2.09. The molecule has 4 nitrogen and oxygen atoms in total. The second-order valence-corrected chi connectivity index (χ2v) is 2.41. The number of hydrogen-bond donors (Lipinski definition) is 0. The molecule has 4 heteroatoms. The number of carbonyl (C=O) groups is 2. The van der Waals surface area contributed by atoms with Crippen LogP contribution in [0.25, 0.3) is 0 Å². The van der Waals surface area contributed by atoms with Crippen molar-refractivity contribution in [1.29, 1.82) is 0 Å². The number of rotatable bonds is 6. The van der Waals surface area contributed by atoms with Gasteiger partial charge in [0, 0.05) is 5.92 Å². The SMILES string of the molecule is C=CCCCC(C(=O)[O-])C(=O)[O-]. The minimum atomic E-state index is -1.58. The van der Waals surface area contributed by atoms with Crippen LogP contribution in [0.5, 0.6) is 0 Å². The molecule has 0 saturated heterocycles. The Bertz CT molecular complexity index is 171. The van der Waals surface area contributed by atoms with Gasteiger partial charge in [0.15, 0.2) is 0 Å². The maximum absolute atomic E-state index is 10.2. The molecule has 0 saturated carbocycles. The van der Waals surface area contributed by atoms with Crippen molar-refractivity contribution < 1.29 is 19.8 Å². The van der Waals surface area contributed by atoms with Crippen LogP contribution in [-0.2, 0) is 9.59 Å². The molecule has 0 aromatic carbocycles. The Morgan fingerprint density at radius 3 is 2.17 bits per heavy atom. The molecular weight excluding hydrogens is 160 g/mol. The van der Waals surface area contributed by atoms with Crippen LogP contribution in [0.1, 0.15) is 19.3 Å². The Labute approximate surface area is 70.5 Å². The molecule has 0 radical (unpaired) electrons. The van der Waals surface area contributed by atoms with Crippen LogP contribution in [0.3, 0.4) is 0 Å². The summed E-state index contributed by atoms with van der Waals surface area (Å²) in [6, 6.07) is 0. The van der Waals surface area contributed by atoms with Crippen LogP contribution in [0, 0.1) is 5.92 Å². The van der Waals surface area contributed by atoms with Crippen molar-refractivity contribution in [3.05, 3.63) is 12.7 Å². The number of carboxylic acid groups (broad SMARTS) is 2. The van der Waals surface area contributed by atoms with Crippen LogP contribution in [0.4, 0.5) is 0 Å². The lowest BCUT2D eigenvalue weighted by Crippen LogP contribution is -2.43. The topological polar surface area (TPSA) is 80.3 Å². The summed E-state index contributed by atoms with van der Waals surface area (Å²) in [5.41, 5.74) is 0. The minimum Gasteiger partial charge on any atom is -0.549 e. The van der Waals surface area contributed by atoms with Crippen molar-refractivity contribution in [3.8, 4) is 0 Å². The zero-order valence-corrected chi connectivity index (χ0v) is 6.62. The molecule has 0 rings (SSSR count). The fraction of sp³-hybridized carbons (Fsp3) is 0.500. The first-order valence-electron chi connectivity index (χ1n) is 3.62. The van der Waals surface area contributed by atoms with E-state index in [9.17, 15) is 19.8 Å². The molecule has 0 spiro atoms. The maximum atomic E-state index is 10.2. The van der Waals surface area contributed by atoms with E-state index >= 15 is 0 Å². The molecule has 0 aliphatic carbocycles. The third kappa shape index (κ3) is 3.75. The van der Waals surface area contributed by atoms with Crippen molar-refractivity contribution in [2.24, 2.45) is 5.92 Å². The van der Waals surface area contributed by atoms with Crippen LogP contribution < -0.4 is 10.2 Å². The summed E-state index contributed by atoms with van der Waals surface area (Å²) in [6.07, 6.45) is 2.70. The molecule has 0 aromatic heterocycles. The van der Waals surface area contributed by atoms with Crippen molar-refractivity contribution in [1.82, 2.24) is 0 Å². The fourth-order valence-corrected chi connectivity index (χ4v) is 0.798. The summed E-state index contributed by atoms with van der Waals surface area (Å²) in [7, 11) is 0. The zero-order chi connectivity index (χ0) is 9.56. The summed E-state index contributed by atoms with van der Waals surface area (Å²) < 4.78 is 0. The standard InChI is InChI=1S/C8H12O4/c1-2-3-4-5-6(7(9)10)8(11)12/h2,6H,1,3-5H2,(H,9,10)(H,11,12)/p-2. The Balaban J connectivity index is 3.88. The molecule has 0 bridgehead atoms. The highest BCUT2D eigenvalue weighted by Crippen LogP contribution is 2.06. The monoisotopic (exact) mass is 170 g/mol. The van der Waals surface area contributed by atoms with Gasteiger partial charge in [-0.2, -0.15) is 0 Å². The Hall–Kier alpha value is -1.32. The van der Waals surface area contributed by atoms with E-state index in [0.717, 1.165) is 0 Å². The van der Waals surface area contributed by atoms with Gasteiger partial charge in [-0.05, 0) is 19.3 Å². The Morgan fingerprint density at radius 1 is 1.33 bits per heavy atom. The molecule has 0 amide bonds. The lowest BCUT2D eigenvalue weighted by molar-refractivity contribution is -0.332. The minimum absolute atomic E-state index is 0.0384. The molecule has 0 N–H and O–H groups in total. The summed E-state index contributed by atoms with van der Waals surface area (Å²) >= 11 is 0. The Kier molecular flexibility index (Phi) is 4.76. The van der Waals surface area contributed by atoms with Gasteiger partial charge in [0.05, 0.1) is 11.9 Å². The van der Waals surface area contributed by atoms with Gasteiger partial charge < -0.3 is 19.8 Å². The van der Waals surface area contributed by atoms with E-state index in [0.29, 0.717) is 12.8 Å². The summed E-state index contributed by atoms with van der Waals surface area (Å²) in [6.45, 7) is 3.42. The van der Waals surface area contributed by atoms with Crippen LogP contribution in [0.2, 0.25) is 0 Å². The number of aliphatic carboxylic acids is 2. The third-order valence-corrected chi connectivity index (χ3v) is 1.47. The summed E-state index contributed by atoms with van der Waals surface area (Å²) in [5, 5.41) is 20.4. The molecule has 68 valence electrons. The van der Waals surface area contributed by atoms with Crippen LogP contribution in [-0.4, -0.2) is 11.9 Å². The molecular formula is C8H10O4-2. The highest BCUT2D eigenvalue weighted by atomic mass is 16.4. The van der Waals surface area contributed by atoms with Crippen molar-refractivity contribution in [2.45, 2.75) is 19.3 Å². The first-order valence-corrected chi connectivity index (χ1v) is 3.62. The first-order chi connectivity index (χ1) is 5.59. The van der Waals surface area contributed by atoms with E-state index in [1.807, 2.05) is 0 Å². The number of carboxylic acids is 2. The van der Waals surface area contributed by atoms with Crippen LogP contribution >= 0.6 is 0 Å². The van der Waals surface area contributed by atoms with Crippen molar-refractivity contribution in [3.63, 3.8) is 0 Å². The average Bonchev–Trinajstić information content (AvgIpc) is 1.96. The van der Waals surface area contributed by atoms with E-state index in [2.05, 4.69) is 6.58 Å². The van der Waals surface area contributed by atoms with Gasteiger partial charge in [0.25, 0.3) is 0 Å². The quantitative estimate of drug-likeness (QED) is 0.275. The van der Waals surface area contributed by atoms with Gasteiger partial charge in [-0.3, -0.25) is 0 Å². The molecule has 0 unspecified atom stereocenters. The first kappa shape index (κ1) is 10.7. The molecule has 0 aliphatic heterocycles. The highest BCUT2D eigenvalue weighted by molar-refractivity contribution is 5.90. The molecule has 0 aliphatic rings. The lowest BCUT2D eigenvalue weighted by atomic mass is 10.0. The summed E-state index contributed by atoms with van der Waals surface area (Å²) in [5.74, 6) is -4.66. The molecule has 0 aromatic rings. The van der Waals surface area contributed by atoms with Gasteiger partial charge in [0.2, 0.25) is 0 Å². The van der Waals surface area contributed by atoms with Crippen LogP contribution in [0.15, 0.2) is 12.7 Å². The molecule has 12 heavy (non-hydrogen) atoms. The smallest absolute Gasteiger partial charge is 0.0501 e. The predicted octanol–water partition coefficient (Wildman–Crippen LogP) is -1.54. The lowest BCUT2D eigenvalue weighted by Gasteiger charge is -2.17. The third-order valence-electron chi connectivity index (χ3n) is 1.47. The number of hydrogen-bond acceptors (Lipinski definition) is 4. The maximum Gasteiger partial charge on any atom is 0.0501 e. The number of unbranched alkanes of at least 4 members (excludes halogenated alkanes) is 1. The van der Waals surface area contributed by atoms with Gasteiger partial charge in [-0.15, -0.1) is 6.58 Å². The van der Waals surface area contributed by atoms with E-state index < -0.39 is 17.9 Å². The van der Waals surface area contributed by atoms with Crippen molar-refractivity contribution >= 4 is 11.9 Å². The van der Waals surface area contributed by atoms with E-state index in [4.69, 9.17) is 0 Å². The summed E-state index contributed by atoms with van der Waals surface area (Å²) in [4.78, 5) is 20.4. The second-order valence-electron chi connectivity index (χ2n) is 2.41. The number of allylic oxidation sites excluding steroid dienone is 1. The molecule has 0 fully saturated rings. The fourth-order valence-electron chi connectivity index (χ4n) is 0.798. The molecule has 0 atom stereocenters. The normalized spacial score (nSPS) is 9.75. The van der Waals surface area contributed by atoms with Gasteiger partial charge >= 0.3 is 0 Å². The molecule has 0 heterocycles. The largest absolute Gasteiger partial charge is 0.549 e. The van der Waals surface area contributed by atoms with Gasteiger partial charge in [-0.25, -0.2) is 0 Å². The van der Waals surface area contributed by atoms with E-state index in [-0.39, 0.29) is 6.42 Å². The second kappa shape index (κ2) is 5.35. The van der Waals surface area contributed by atoms with Gasteiger partial charge in [-0.1, -0.05) is 6.08 Å². The Morgan fingerprint density at radius 2 is 1.83 bits per heavy atom. The van der Waals surface area contributed by atoms with Crippen molar-refractivity contribution in [2.75, 3.05) is 0 Å². The number of carbonyl (C=O) groups excluding carboxylic acids is 2. The van der Waals surface area contributed by atoms with Gasteiger partial charge in [0.1, 0.15) is 0 Å². The average molecular weight is 170 g/mol. The zero-order valence-electron chi connectivity index (χ0n) is 6.62.